The maximum absolute atomic E-state index is 11.0. The van der Waals surface area contributed by atoms with Crippen molar-refractivity contribution in [3.05, 3.63) is 18.2 Å². The highest BCUT2D eigenvalue weighted by molar-refractivity contribution is 7.86. The molecule has 1 aromatic carbocycles. The second-order valence-corrected chi connectivity index (χ2v) is 4.77. The highest BCUT2D eigenvalue weighted by Crippen LogP contribution is 2.26. The smallest absolute Gasteiger partial charge is 0.298 e. The Balaban J connectivity index is 3.00. The Kier molecular flexibility index (Phi) is 4.14. The third-order valence-corrected chi connectivity index (χ3v) is 2.89. The van der Waals surface area contributed by atoms with Gasteiger partial charge < -0.3 is 10.5 Å². The number of anilines is 1. The second kappa shape index (κ2) is 5.18. The average Bonchev–Trinajstić information content (AvgIpc) is 2.16. The van der Waals surface area contributed by atoms with E-state index >= 15 is 0 Å². The van der Waals surface area contributed by atoms with Crippen molar-refractivity contribution < 1.29 is 17.7 Å². The largest absolute Gasteiger partial charge is 0.492 e. The molecule has 0 spiro atoms. The van der Waals surface area contributed by atoms with Crippen LogP contribution in [0.3, 0.4) is 0 Å². The van der Waals surface area contributed by atoms with Gasteiger partial charge in [-0.3, -0.25) is 4.55 Å². The standard InChI is InChI=1S/C10H15NO4S/c1-2-3-6-15-9-7-8(11)4-5-10(9)16(12,13)14/h4-5,7H,2-3,6,11H2,1H3,(H,12,13,14). The van der Waals surface area contributed by atoms with Crippen LogP contribution in [0.15, 0.2) is 23.1 Å². The van der Waals surface area contributed by atoms with Crippen LogP contribution in [0.4, 0.5) is 5.69 Å². The molecule has 1 rings (SSSR count). The van der Waals surface area contributed by atoms with E-state index in [1.54, 1.807) is 0 Å². The molecule has 0 atom stereocenters. The molecule has 0 amide bonds. The van der Waals surface area contributed by atoms with Crippen molar-refractivity contribution >= 4 is 15.8 Å². The van der Waals surface area contributed by atoms with Gasteiger partial charge in [-0.25, -0.2) is 0 Å². The van der Waals surface area contributed by atoms with Crippen molar-refractivity contribution in [3.63, 3.8) is 0 Å². The Hall–Kier alpha value is -1.27. The van der Waals surface area contributed by atoms with Crippen molar-refractivity contribution in [1.29, 1.82) is 0 Å². The monoisotopic (exact) mass is 245 g/mol. The zero-order chi connectivity index (χ0) is 12.2. The molecule has 0 bridgehead atoms. The minimum Gasteiger partial charge on any atom is -0.492 e. The summed E-state index contributed by atoms with van der Waals surface area (Å²) in [4.78, 5) is -0.252. The predicted molar refractivity (Wildman–Crippen MR) is 61.1 cm³/mol. The topological polar surface area (TPSA) is 89.6 Å². The number of rotatable bonds is 5. The fraction of sp³-hybridized carbons (Fsp3) is 0.400. The lowest BCUT2D eigenvalue weighted by molar-refractivity contribution is 0.300. The van der Waals surface area contributed by atoms with E-state index in [0.29, 0.717) is 12.3 Å². The minimum atomic E-state index is -4.27. The van der Waals surface area contributed by atoms with Gasteiger partial charge in [-0.1, -0.05) is 13.3 Å². The van der Waals surface area contributed by atoms with Gasteiger partial charge in [0.25, 0.3) is 10.1 Å². The molecule has 6 heteroatoms. The van der Waals surface area contributed by atoms with Gasteiger partial charge in [0.1, 0.15) is 10.6 Å². The molecule has 1 aromatic rings. The van der Waals surface area contributed by atoms with Crippen molar-refractivity contribution in [2.45, 2.75) is 24.7 Å². The molecule has 0 aliphatic heterocycles. The molecule has 3 N–H and O–H groups in total. The Labute approximate surface area is 95.0 Å². The van der Waals surface area contributed by atoms with E-state index in [1.807, 2.05) is 6.92 Å². The molecule has 0 aliphatic rings. The van der Waals surface area contributed by atoms with Crippen LogP contribution in [0.5, 0.6) is 5.75 Å². The molecule has 0 saturated carbocycles. The first-order valence-corrected chi connectivity index (χ1v) is 6.39. The maximum Gasteiger partial charge on any atom is 0.298 e. The third-order valence-electron chi connectivity index (χ3n) is 2.00. The van der Waals surface area contributed by atoms with Crippen LogP contribution < -0.4 is 10.5 Å². The molecule has 0 aromatic heterocycles. The highest BCUT2D eigenvalue weighted by atomic mass is 32.2. The molecule has 5 nitrogen and oxygen atoms in total. The normalized spacial score (nSPS) is 11.4. The van der Waals surface area contributed by atoms with E-state index in [1.165, 1.54) is 18.2 Å². The van der Waals surface area contributed by atoms with E-state index in [4.69, 9.17) is 15.0 Å². The quantitative estimate of drug-likeness (QED) is 0.468. The average molecular weight is 245 g/mol. The fourth-order valence-electron chi connectivity index (χ4n) is 1.18. The summed E-state index contributed by atoms with van der Waals surface area (Å²) in [7, 11) is -4.27. The molecule has 16 heavy (non-hydrogen) atoms. The van der Waals surface area contributed by atoms with E-state index in [0.717, 1.165) is 12.8 Å². The second-order valence-electron chi connectivity index (χ2n) is 3.38. The Bertz CT molecular complexity index is 456. The van der Waals surface area contributed by atoms with Crippen LogP contribution >= 0.6 is 0 Å². The van der Waals surface area contributed by atoms with Crippen LogP contribution in [0.25, 0.3) is 0 Å². The predicted octanol–water partition coefficient (Wildman–Crippen LogP) is 1.69. The number of benzene rings is 1. The van der Waals surface area contributed by atoms with Gasteiger partial charge in [0.05, 0.1) is 6.61 Å². The number of nitrogen functional groups attached to an aromatic ring is 1. The summed E-state index contributed by atoms with van der Waals surface area (Å²) in [5, 5.41) is 0. The molecule has 0 unspecified atom stereocenters. The van der Waals surface area contributed by atoms with Gasteiger partial charge in [0.15, 0.2) is 0 Å². The summed E-state index contributed by atoms with van der Waals surface area (Å²) in [6.07, 6.45) is 1.74. The van der Waals surface area contributed by atoms with Gasteiger partial charge >= 0.3 is 0 Å². The molecule has 0 saturated heterocycles. The van der Waals surface area contributed by atoms with Crippen LogP contribution in [0.1, 0.15) is 19.8 Å². The number of nitrogens with two attached hydrogens (primary N) is 1. The molecule has 0 heterocycles. The minimum absolute atomic E-state index is 0.0935. The molecule has 0 aliphatic carbocycles. The third kappa shape index (κ3) is 3.39. The lowest BCUT2D eigenvalue weighted by Crippen LogP contribution is -2.05. The van der Waals surface area contributed by atoms with Gasteiger partial charge in [-0.2, -0.15) is 8.42 Å². The molecular formula is C10H15NO4S. The Morgan fingerprint density at radius 2 is 2.12 bits per heavy atom. The number of hydrogen-bond donors (Lipinski definition) is 2. The lowest BCUT2D eigenvalue weighted by Gasteiger charge is -2.09. The van der Waals surface area contributed by atoms with Gasteiger partial charge in [-0.15, -0.1) is 0 Å². The first kappa shape index (κ1) is 12.8. The van der Waals surface area contributed by atoms with Crippen molar-refractivity contribution in [2.24, 2.45) is 0 Å². The summed E-state index contributed by atoms with van der Waals surface area (Å²) in [6.45, 7) is 2.38. The Morgan fingerprint density at radius 1 is 1.44 bits per heavy atom. The summed E-state index contributed by atoms with van der Waals surface area (Å²) >= 11 is 0. The first-order chi connectivity index (χ1) is 7.45. The van der Waals surface area contributed by atoms with Gasteiger partial charge in [-0.05, 0) is 18.6 Å². The summed E-state index contributed by atoms with van der Waals surface area (Å²) in [5.74, 6) is 0.0935. The first-order valence-electron chi connectivity index (χ1n) is 4.95. The van der Waals surface area contributed by atoms with Gasteiger partial charge in [0.2, 0.25) is 0 Å². The van der Waals surface area contributed by atoms with E-state index in [9.17, 15) is 8.42 Å². The summed E-state index contributed by atoms with van der Waals surface area (Å²) in [5.41, 5.74) is 5.91. The summed E-state index contributed by atoms with van der Waals surface area (Å²) < 4.78 is 36.3. The maximum atomic E-state index is 11.0. The summed E-state index contributed by atoms with van der Waals surface area (Å²) in [6, 6.07) is 4.01. The SMILES string of the molecule is CCCCOc1cc(N)ccc1S(=O)(=O)O. The van der Waals surface area contributed by atoms with Crippen molar-refractivity contribution in [3.8, 4) is 5.75 Å². The Morgan fingerprint density at radius 3 is 2.69 bits per heavy atom. The number of ether oxygens (including phenoxy) is 1. The van der Waals surface area contributed by atoms with Crippen LogP contribution in [-0.4, -0.2) is 19.6 Å². The van der Waals surface area contributed by atoms with Crippen LogP contribution in [-0.2, 0) is 10.1 Å². The van der Waals surface area contributed by atoms with Crippen LogP contribution in [0, 0.1) is 0 Å². The number of unbranched alkanes of at least 4 members (excludes halogenated alkanes) is 1. The van der Waals surface area contributed by atoms with Crippen molar-refractivity contribution in [1.82, 2.24) is 0 Å². The van der Waals surface area contributed by atoms with Crippen molar-refractivity contribution in [2.75, 3.05) is 12.3 Å². The molecule has 0 fully saturated rings. The van der Waals surface area contributed by atoms with E-state index in [-0.39, 0.29) is 10.6 Å². The van der Waals surface area contributed by atoms with E-state index < -0.39 is 10.1 Å². The van der Waals surface area contributed by atoms with E-state index in [2.05, 4.69) is 0 Å². The zero-order valence-corrected chi connectivity index (χ0v) is 9.83. The fourth-order valence-corrected chi connectivity index (χ4v) is 1.79. The highest BCUT2D eigenvalue weighted by Gasteiger charge is 2.16. The molecule has 0 radical (unpaired) electrons. The van der Waals surface area contributed by atoms with Crippen LogP contribution in [0.2, 0.25) is 0 Å². The molecular weight excluding hydrogens is 230 g/mol. The molecule has 90 valence electrons. The number of hydrogen-bond acceptors (Lipinski definition) is 4. The lowest BCUT2D eigenvalue weighted by atomic mass is 10.3. The van der Waals surface area contributed by atoms with Gasteiger partial charge in [0, 0.05) is 11.8 Å². The zero-order valence-electron chi connectivity index (χ0n) is 9.01.